The zero-order chi connectivity index (χ0) is 40.9. The smallest absolute Gasteiger partial charge is 0.119 e. The number of aromatic hydroxyl groups is 1. The Labute approximate surface area is 354 Å². The van der Waals surface area contributed by atoms with Crippen molar-refractivity contribution in [3.63, 3.8) is 0 Å². The van der Waals surface area contributed by atoms with Crippen molar-refractivity contribution in [1.82, 2.24) is 0 Å². The van der Waals surface area contributed by atoms with Gasteiger partial charge in [0.2, 0.25) is 0 Å². The molecule has 4 aromatic rings. The Bertz CT molecular complexity index is 1570. The SMILES string of the molecule is CC(Cc1ccc(O)c(CC(C)OCCCCCCCc2ccccc2)c1CC(C)OCCCCCCCc1ccccc1)OCCCCCCCc1ccccc1. The standard InChI is InChI=1S/C54H78O4/c1-45(56-39-25-10-4-7-16-28-48-31-19-13-20-32-48)42-51-37-38-54(55)53(44-47(3)58-41-27-12-6-9-18-30-50-35-23-15-24-36-50)52(51)43-46(2)57-40-26-11-5-8-17-29-49-33-21-14-22-34-49/h13-15,19-24,31-38,45-47,55H,4-12,16-18,25-30,39-44H2,1-3H3. The van der Waals surface area contributed by atoms with E-state index in [-0.39, 0.29) is 18.3 Å². The molecule has 3 atom stereocenters. The first-order valence-corrected chi connectivity index (χ1v) is 23.3. The van der Waals surface area contributed by atoms with Crippen LogP contribution in [0.3, 0.4) is 0 Å². The molecule has 0 aliphatic rings. The molecule has 4 heteroatoms. The maximum absolute atomic E-state index is 11.3. The summed E-state index contributed by atoms with van der Waals surface area (Å²) in [5, 5.41) is 11.3. The van der Waals surface area contributed by atoms with Crippen LogP contribution >= 0.6 is 0 Å². The van der Waals surface area contributed by atoms with Gasteiger partial charge in [0.25, 0.3) is 0 Å². The molecule has 0 spiro atoms. The van der Waals surface area contributed by atoms with Crippen LogP contribution in [0.15, 0.2) is 103 Å². The highest BCUT2D eigenvalue weighted by Gasteiger charge is 2.20. The molecule has 3 unspecified atom stereocenters. The predicted molar refractivity (Wildman–Crippen MR) is 245 cm³/mol. The number of ether oxygens (including phenoxy) is 3. The third-order valence-corrected chi connectivity index (χ3v) is 11.6. The van der Waals surface area contributed by atoms with Crippen LogP contribution in [-0.4, -0.2) is 43.2 Å². The molecule has 58 heavy (non-hydrogen) atoms. The molecule has 0 aliphatic carbocycles. The fourth-order valence-electron chi connectivity index (χ4n) is 8.14. The molecule has 1 N–H and O–H groups in total. The average Bonchev–Trinajstić information content (AvgIpc) is 3.24. The van der Waals surface area contributed by atoms with Crippen LogP contribution in [0.4, 0.5) is 0 Å². The van der Waals surface area contributed by atoms with Gasteiger partial charge in [0.1, 0.15) is 5.75 Å². The van der Waals surface area contributed by atoms with Crippen LogP contribution < -0.4 is 0 Å². The van der Waals surface area contributed by atoms with E-state index in [0.29, 0.717) is 12.2 Å². The third kappa shape index (κ3) is 20.5. The highest BCUT2D eigenvalue weighted by molar-refractivity contribution is 5.45. The zero-order valence-corrected chi connectivity index (χ0v) is 36.7. The lowest BCUT2D eigenvalue weighted by Gasteiger charge is -2.24. The van der Waals surface area contributed by atoms with Gasteiger partial charge in [0.15, 0.2) is 0 Å². The van der Waals surface area contributed by atoms with Gasteiger partial charge in [0, 0.05) is 26.2 Å². The first-order chi connectivity index (χ1) is 28.5. The van der Waals surface area contributed by atoms with E-state index >= 15 is 0 Å². The van der Waals surface area contributed by atoms with Crippen LogP contribution in [0.5, 0.6) is 5.75 Å². The summed E-state index contributed by atoms with van der Waals surface area (Å²) < 4.78 is 19.2. The Kier molecular flexibility index (Phi) is 24.2. The topological polar surface area (TPSA) is 47.9 Å². The minimum Gasteiger partial charge on any atom is -0.508 e. The Hall–Kier alpha value is -3.44. The van der Waals surface area contributed by atoms with Crippen molar-refractivity contribution in [2.75, 3.05) is 19.8 Å². The largest absolute Gasteiger partial charge is 0.508 e. The van der Waals surface area contributed by atoms with Gasteiger partial charge in [-0.1, -0.05) is 155 Å². The molecule has 0 bridgehead atoms. The Balaban J connectivity index is 1.20. The van der Waals surface area contributed by atoms with E-state index in [1.54, 1.807) is 0 Å². The molecule has 0 saturated heterocycles. The number of aryl methyl sites for hydroxylation is 3. The van der Waals surface area contributed by atoms with Crippen molar-refractivity contribution < 1.29 is 19.3 Å². The molecule has 0 aliphatic heterocycles. The van der Waals surface area contributed by atoms with Crippen LogP contribution in [0, 0.1) is 0 Å². The molecule has 0 heterocycles. The van der Waals surface area contributed by atoms with Gasteiger partial charge in [-0.2, -0.15) is 0 Å². The fourth-order valence-corrected chi connectivity index (χ4v) is 8.14. The Morgan fingerprint density at radius 2 is 0.690 bits per heavy atom. The molecule has 4 nitrogen and oxygen atoms in total. The number of phenols is 1. The summed E-state index contributed by atoms with van der Waals surface area (Å²) in [7, 11) is 0. The first-order valence-electron chi connectivity index (χ1n) is 23.3. The van der Waals surface area contributed by atoms with Crippen LogP contribution in [0.1, 0.15) is 150 Å². The van der Waals surface area contributed by atoms with Gasteiger partial charge < -0.3 is 19.3 Å². The minimum absolute atomic E-state index is 0.0254. The van der Waals surface area contributed by atoms with Crippen LogP contribution in [0.25, 0.3) is 0 Å². The number of benzene rings is 4. The van der Waals surface area contributed by atoms with Gasteiger partial charge in [-0.05, 0) is 131 Å². The molecule has 0 fully saturated rings. The molecule has 0 radical (unpaired) electrons. The van der Waals surface area contributed by atoms with E-state index in [1.165, 1.54) is 124 Å². The van der Waals surface area contributed by atoms with E-state index in [2.05, 4.69) is 118 Å². The van der Waals surface area contributed by atoms with Crippen molar-refractivity contribution in [2.45, 2.75) is 174 Å². The van der Waals surface area contributed by atoms with E-state index in [1.807, 2.05) is 6.07 Å². The van der Waals surface area contributed by atoms with Crippen molar-refractivity contribution >= 4 is 0 Å². The van der Waals surface area contributed by atoms with Gasteiger partial charge in [-0.15, -0.1) is 0 Å². The van der Waals surface area contributed by atoms with E-state index < -0.39 is 0 Å². The summed E-state index contributed by atoms with van der Waals surface area (Å²) in [4.78, 5) is 0. The molecule has 4 aromatic carbocycles. The van der Waals surface area contributed by atoms with E-state index in [0.717, 1.165) is 57.5 Å². The lowest BCUT2D eigenvalue weighted by molar-refractivity contribution is 0.0574. The van der Waals surface area contributed by atoms with Crippen molar-refractivity contribution in [2.24, 2.45) is 0 Å². The van der Waals surface area contributed by atoms with Crippen LogP contribution in [0.2, 0.25) is 0 Å². The third-order valence-electron chi connectivity index (χ3n) is 11.6. The summed E-state index contributed by atoms with van der Waals surface area (Å²) >= 11 is 0. The summed E-state index contributed by atoms with van der Waals surface area (Å²) in [6.45, 7) is 8.88. The molecular weight excluding hydrogens is 713 g/mol. The van der Waals surface area contributed by atoms with E-state index in [4.69, 9.17) is 14.2 Å². The van der Waals surface area contributed by atoms with Crippen LogP contribution in [-0.2, 0) is 52.7 Å². The van der Waals surface area contributed by atoms with Crippen molar-refractivity contribution in [1.29, 1.82) is 0 Å². The number of phenolic OH excluding ortho intramolecular Hbond substituents is 1. The second-order valence-electron chi connectivity index (χ2n) is 16.9. The molecule has 0 aromatic heterocycles. The van der Waals surface area contributed by atoms with Gasteiger partial charge in [0.05, 0.1) is 18.3 Å². The first kappa shape index (κ1) is 47.2. The quantitative estimate of drug-likeness (QED) is 0.0488. The Morgan fingerprint density at radius 1 is 0.362 bits per heavy atom. The zero-order valence-electron chi connectivity index (χ0n) is 36.7. The minimum atomic E-state index is 0.0254. The number of unbranched alkanes of at least 4 members (excludes halogenated alkanes) is 12. The normalized spacial score (nSPS) is 13.1. The fraction of sp³-hybridized carbons (Fsp3) is 0.556. The monoisotopic (exact) mass is 791 g/mol. The summed E-state index contributed by atoms with van der Waals surface area (Å²) in [5.41, 5.74) is 7.81. The van der Waals surface area contributed by atoms with Gasteiger partial charge in [-0.25, -0.2) is 0 Å². The Morgan fingerprint density at radius 3 is 1.09 bits per heavy atom. The average molecular weight is 791 g/mol. The molecular formula is C54H78O4. The number of hydrogen-bond acceptors (Lipinski definition) is 4. The maximum atomic E-state index is 11.3. The second kappa shape index (κ2) is 29.7. The van der Waals surface area contributed by atoms with Gasteiger partial charge >= 0.3 is 0 Å². The predicted octanol–water partition coefficient (Wildman–Crippen LogP) is 13.8. The lowest BCUT2D eigenvalue weighted by atomic mass is 9.90. The summed E-state index contributed by atoms with van der Waals surface area (Å²) in [5.74, 6) is 0.371. The molecule has 0 saturated carbocycles. The maximum Gasteiger partial charge on any atom is 0.119 e. The van der Waals surface area contributed by atoms with Crippen molar-refractivity contribution in [3.8, 4) is 5.75 Å². The number of rotatable bonds is 33. The van der Waals surface area contributed by atoms with Crippen molar-refractivity contribution in [3.05, 3.63) is 137 Å². The highest BCUT2D eigenvalue weighted by atomic mass is 16.5. The molecule has 318 valence electrons. The molecule has 4 rings (SSSR count). The van der Waals surface area contributed by atoms with Gasteiger partial charge in [-0.3, -0.25) is 0 Å². The summed E-state index contributed by atoms with van der Waals surface area (Å²) in [6, 6.07) is 36.5. The lowest BCUT2D eigenvalue weighted by Crippen LogP contribution is -2.20. The molecule has 0 amide bonds. The van der Waals surface area contributed by atoms with E-state index in [9.17, 15) is 5.11 Å². The summed E-state index contributed by atoms with van der Waals surface area (Å²) in [6.07, 6.45) is 24.2. The number of hydrogen-bond donors (Lipinski definition) is 1. The second-order valence-corrected chi connectivity index (χ2v) is 16.9. The highest BCUT2D eigenvalue weighted by Crippen LogP contribution is 2.30.